The van der Waals surface area contributed by atoms with E-state index in [1.807, 2.05) is 0 Å². The molecular formula is C16H15Cl2N3O2. The molecule has 0 amide bonds. The van der Waals surface area contributed by atoms with Crippen LogP contribution in [0.25, 0.3) is 0 Å². The second-order valence-electron chi connectivity index (χ2n) is 5.70. The van der Waals surface area contributed by atoms with Crippen LogP contribution in [0.1, 0.15) is 12.0 Å². The van der Waals surface area contributed by atoms with E-state index in [9.17, 15) is 0 Å². The van der Waals surface area contributed by atoms with Gasteiger partial charge in [-0.25, -0.2) is 9.97 Å². The van der Waals surface area contributed by atoms with Gasteiger partial charge in [-0.15, -0.1) is 0 Å². The lowest BCUT2D eigenvalue weighted by Gasteiger charge is -2.26. The molecular weight excluding hydrogens is 337 g/mol. The smallest absolute Gasteiger partial charge is 0.225 e. The lowest BCUT2D eigenvalue weighted by Crippen LogP contribution is -2.38. The minimum absolute atomic E-state index is 0.281. The van der Waals surface area contributed by atoms with Crippen molar-refractivity contribution in [2.24, 2.45) is 0 Å². The van der Waals surface area contributed by atoms with Gasteiger partial charge < -0.3 is 14.4 Å². The number of anilines is 1. The summed E-state index contributed by atoms with van der Waals surface area (Å²) in [6.07, 6.45) is 4.74. The van der Waals surface area contributed by atoms with Crippen molar-refractivity contribution in [1.29, 1.82) is 0 Å². The Balaban J connectivity index is 1.43. The molecule has 2 aliphatic heterocycles. The molecule has 1 aromatic heterocycles. The Kier molecular flexibility index (Phi) is 4.01. The van der Waals surface area contributed by atoms with E-state index < -0.39 is 0 Å². The fourth-order valence-corrected chi connectivity index (χ4v) is 3.51. The van der Waals surface area contributed by atoms with Crippen molar-refractivity contribution in [2.75, 3.05) is 18.1 Å². The molecule has 3 heterocycles. The number of hydrogen-bond acceptors (Lipinski definition) is 5. The van der Waals surface area contributed by atoms with Gasteiger partial charge in [0.05, 0.1) is 31.1 Å². The van der Waals surface area contributed by atoms with E-state index >= 15 is 0 Å². The van der Waals surface area contributed by atoms with E-state index in [4.69, 9.17) is 32.7 Å². The second-order valence-corrected chi connectivity index (χ2v) is 6.52. The maximum atomic E-state index is 6.13. The quantitative estimate of drug-likeness (QED) is 0.845. The summed E-state index contributed by atoms with van der Waals surface area (Å²) in [6, 6.07) is 5.78. The van der Waals surface area contributed by atoms with Crippen LogP contribution in [0, 0.1) is 0 Å². The summed E-state index contributed by atoms with van der Waals surface area (Å²) in [4.78, 5) is 11.0. The van der Waals surface area contributed by atoms with Crippen molar-refractivity contribution < 1.29 is 9.47 Å². The number of fused-ring (bicyclic) bond motifs is 2. The van der Waals surface area contributed by atoms with Gasteiger partial charge in [-0.3, -0.25) is 0 Å². The minimum atomic E-state index is 0.281. The number of rotatable bonds is 4. The lowest BCUT2D eigenvalue weighted by atomic mass is 10.2. The Morgan fingerprint density at radius 1 is 1.22 bits per heavy atom. The zero-order valence-corrected chi connectivity index (χ0v) is 13.8. The van der Waals surface area contributed by atoms with Crippen LogP contribution in [-0.4, -0.2) is 35.3 Å². The fraction of sp³-hybridized carbons (Fsp3) is 0.375. The third kappa shape index (κ3) is 2.96. The van der Waals surface area contributed by atoms with Crippen molar-refractivity contribution in [1.82, 2.24) is 9.97 Å². The van der Waals surface area contributed by atoms with Crippen molar-refractivity contribution in [3.8, 4) is 5.75 Å². The molecule has 0 aliphatic carbocycles. The van der Waals surface area contributed by atoms with Crippen LogP contribution in [0.2, 0.25) is 10.0 Å². The molecule has 1 aromatic carbocycles. The number of aromatic nitrogens is 2. The first kappa shape index (κ1) is 15.0. The van der Waals surface area contributed by atoms with Gasteiger partial charge in [0.1, 0.15) is 6.61 Å². The zero-order chi connectivity index (χ0) is 15.8. The van der Waals surface area contributed by atoms with Gasteiger partial charge in [0.15, 0.2) is 5.75 Å². The van der Waals surface area contributed by atoms with E-state index in [-0.39, 0.29) is 6.61 Å². The predicted octanol–water partition coefficient (Wildman–Crippen LogP) is 3.34. The Labute approximate surface area is 144 Å². The first-order valence-electron chi connectivity index (χ1n) is 7.46. The second kappa shape index (κ2) is 6.15. The Morgan fingerprint density at radius 2 is 1.96 bits per heavy atom. The summed E-state index contributed by atoms with van der Waals surface area (Å²) in [5.74, 6) is 1.31. The first-order valence-corrected chi connectivity index (χ1v) is 8.22. The molecule has 2 atom stereocenters. The van der Waals surface area contributed by atoms with Crippen LogP contribution in [-0.2, 0) is 11.3 Å². The molecule has 4 rings (SSSR count). The van der Waals surface area contributed by atoms with Gasteiger partial charge in [0.25, 0.3) is 0 Å². The van der Waals surface area contributed by atoms with E-state index in [0.717, 1.165) is 31.1 Å². The third-order valence-electron chi connectivity index (χ3n) is 4.22. The van der Waals surface area contributed by atoms with Crippen LogP contribution in [0.15, 0.2) is 30.6 Å². The van der Waals surface area contributed by atoms with Gasteiger partial charge in [-0.1, -0.05) is 29.3 Å². The van der Waals surface area contributed by atoms with Crippen LogP contribution in [0.3, 0.4) is 0 Å². The van der Waals surface area contributed by atoms with Crippen molar-refractivity contribution in [2.45, 2.75) is 25.2 Å². The highest BCUT2D eigenvalue weighted by Gasteiger charge is 2.40. The summed E-state index contributed by atoms with van der Waals surface area (Å²) in [5.41, 5.74) is 0.758. The van der Waals surface area contributed by atoms with Crippen molar-refractivity contribution in [3.63, 3.8) is 0 Å². The molecule has 7 heteroatoms. The van der Waals surface area contributed by atoms with Crippen LogP contribution < -0.4 is 9.64 Å². The standard InChI is InChI=1S/C16H15Cl2N3O2/c17-14-2-1-3-15(18)13(14)9-23-12-5-19-16(20-6-12)21-7-11-4-10(21)8-22-11/h1-3,5-6,10-11H,4,7-9H2. The van der Waals surface area contributed by atoms with Gasteiger partial charge in [0, 0.05) is 22.2 Å². The maximum Gasteiger partial charge on any atom is 0.225 e. The summed E-state index contributed by atoms with van der Waals surface area (Å²) in [7, 11) is 0. The fourth-order valence-electron chi connectivity index (χ4n) is 3.00. The molecule has 0 N–H and O–H groups in total. The Bertz CT molecular complexity index is 691. The highest BCUT2D eigenvalue weighted by molar-refractivity contribution is 6.35. The molecule has 2 saturated heterocycles. The van der Waals surface area contributed by atoms with E-state index in [1.54, 1.807) is 30.6 Å². The van der Waals surface area contributed by atoms with Gasteiger partial charge >= 0.3 is 0 Å². The molecule has 2 bridgehead atoms. The minimum Gasteiger partial charge on any atom is -0.486 e. The van der Waals surface area contributed by atoms with Gasteiger partial charge in [-0.2, -0.15) is 0 Å². The number of hydrogen-bond donors (Lipinski definition) is 0. The largest absolute Gasteiger partial charge is 0.486 e. The van der Waals surface area contributed by atoms with Crippen molar-refractivity contribution in [3.05, 3.63) is 46.2 Å². The molecule has 5 nitrogen and oxygen atoms in total. The van der Waals surface area contributed by atoms with Crippen LogP contribution >= 0.6 is 23.2 Å². The average molecular weight is 352 g/mol. The Morgan fingerprint density at radius 3 is 2.57 bits per heavy atom. The van der Waals surface area contributed by atoms with Crippen LogP contribution in [0.4, 0.5) is 5.95 Å². The number of ether oxygens (including phenoxy) is 2. The first-order chi connectivity index (χ1) is 11.2. The number of benzene rings is 1. The molecule has 2 aromatic rings. The molecule has 2 fully saturated rings. The molecule has 23 heavy (non-hydrogen) atoms. The highest BCUT2D eigenvalue weighted by Crippen LogP contribution is 2.31. The molecule has 2 unspecified atom stereocenters. The van der Waals surface area contributed by atoms with E-state index in [1.165, 1.54) is 0 Å². The molecule has 0 spiro atoms. The molecule has 0 saturated carbocycles. The maximum absolute atomic E-state index is 6.13. The van der Waals surface area contributed by atoms with Gasteiger partial charge in [0.2, 0.25) is 5.95 Å². The third-order valence-corrected chi connectivity index (χ3v) is 4.92. The summed E-state index contributed by atoms with van der Waals surface area (Å²) in [6.45, 7) is 1.90. The van der Waals surface area contributed by atoms with Gasteiger partial charge in [-0.05, 0) is 18.6 Å². The number of morpholine rings is 1. The van der Waals surface area contributed by atoms with E-state index in [0.29, 0.717) is 27.9 Å². The van der Waals surface area contributed by atoms with E-state index in [2.05, 4.69) is 14.9 Å². The average Bonchev–Trinajstić information content (AvgIpc) is 3.18. The number of nitrogens with zero attached hydrogens (tertiary/aromatic N) is 3. The van der Waals surface area contributed by atoms with Crippen molar-refractivity contribution >= 4 is 29.2 Å². The number of halogens is 2. The topological polar surface area (TPSA) is 47.5 Å². The summed E-state index contributed by atoms with van der Waals surface area (Å²) in [5, 5.41) is 1.17. The highest BCUT2D eigenvalue weighted by atomic mass is 35.5. The molecule has 120 valence electrons. The summed E-state index contributed by atoms with van der Waals surface area (Å²) >= 11 is 12.3. The zero-order valence-electron chi connectivity index (χ0n) is 12.3. The molecule has 2 aliphatic rings. The lowest BCUT2D eigenvalue weighted by molar-refractivity contribution is 0.0986. The molecule has 0 radical (unpaired) electrons. The SMILES string of the molecule is Clc1cccc(Cl)c1COc1cnc(N2CC3CC2CO3)nc1. The monoisotopic (exact) mass is 351 g/mol. The predicted molar refractivity (Wildman–Crippen MR) is 88.3 cm³/mol. The summed E-state index contributed by atoms with van der Waals surface area (Å²) < 4.78 is 11.3. The normalized spacial score (nSPS) is 22.6. The Hall–Kier alpha value is -1.56. The van der Waals surface area contributed by atoms with Crippen LogP contribution in [0.5, 0.6) is 5.75 Å².